The van der Waals surface area contributed by atoms with Gasteiger partial charge in [-0.1, -0.05) is 30.3 Å². The number of anilines is 1. The Morgan fingerprint density at radius 2 is 1.85 bits per heavy atom. The number of nitrogens with one attached hydrogen (secondary N) is 1. The third-order valence-corrected chi connectivity index (χ3v) is 2.98. The Kier molecular flexibility index (Phi) is 4.27. The molecule has 5 nitrogen and oxygen atoms in total. The number of nitrogens with zero attached hydrogens (tertiary/aromatic N) is 1. The standard InChI is InChI=1S/C14H14FN3O2/c15-12-6-3-7-13(14(12)18(19)20)17-9-11-5-2-1-4-10(11)8-16/h1-7,17H,8-9,16H2. The highest BCUT2D eigenvalue weighted by atomic mass is 19.1. The molecule has 0 heterocycles. The number of hydrogen-bond acceptors (Lipinski definition) is 4. The van der Waals surface area contributed by atoms with E-state index in [2.05, 4.69) is 5.32 Å². The van der Waals surface area contributed by atoms with Gasteiger partial charge in [-0.05, 0) is 23.3 Å². The Balaban J connectivity index is 2.23. The summed E-state index contributed by atoms with van der Waals surface area (Å²) in [6.45, 7) is 0.723. The second-order valence-electron chi connectivity index (χ2n) is 4.22. The summed E-state index contributed by atoms with van der Waals surface area (Å²) in [6.07, 6.45) is 0. The van der Waals surface area contributed by atoms with Gasteiger partial charge in [0.2, 0.25) is 5.82 Å². The molecule has 20 heavy (non-hydrogen) atoms. The summed E-state index contributed by atoms with van der Waals surface area (Å²) in [4.78, 5) is 10.2. The topological polar surface area (TPSA) is 81.2 Å². The van der Waals surface area contributed by atoms with Gasteiger partial charge in [0.25, 0.3) is 0 Å². The lowest BCUT2D eigenvalue weighted by atomic mass is 10.1. The smallest absolute Gasteiger partial charge is 0.327 e. The van der Waals surface area contributed by atoms with E-state index in [0.29, 0.717) is 13.1 Å². The highest BCUT2D eigenvalue weighted by Crippen LogP contribution is 2.27. The van der Waals surface area contributed by atoms with Crippen LogP contribution in [0, 0.1) is 15.9 Å². The first-order valence-electron chi connectivity index (χ1n) is 6.07. The molecule has 0 atom stereocenters. The fourth-order valence-corrected chi connectivity index (χ4v) is 1.96. The van der Waals surface area contributed by atoms with Crippen molar-refractivity contribution in [2.75, 3.05) is 5.32 Å². The number of hydrogen-bond donors (Lipinski definition) is 2. The maximum Gasteiger partial charge on any atom is 0.327 e. The van der Waals surface area contributed by atoms with Gasteiger partial charge in [0.1, 0.15) is 5.69 Å². The molecule has 0 amide bonds. The van der Waals surface area contributed by atoms with Crippen molar-refractivity contribution in [3.8, 4) is 0 Å². The van der Waals surface area contributed by atoms with E-state index in [1.165, 1.54) is 12.1 Å². The summed E-state index contributed by atoms with van der Waals surface area (Å²) < 4.78 is 13.5. The molecule has 0 spiro atoms. The van der Waals surface area contributed by atoms with Crippen molar-refractivity contribution >= 4 is 11.4 Å². The lowest BCUT2D eigenvalue weighted by Crippen LogP contribution is -2.08. The van der Waals surface area contributed by atoms with Gasteiger partial charge in [-0.25, -0.2) is 0 Å². The third-order valence-electron chi connectivity index (χ3n) is 2.98. The second-order valence-corrected chi connectivity index (χ2v) is 4.22. The summed E-state index contributed by atoms with van der Waals surface area (Å²) in [5.41, 5.74) is 7.10. The van der Waals surface area contributed by atoms with Crippen molar-refractivity contribution in [2.45, 2.75) is 13.1 Å². The van der Waals surface area contributed by atoms with Gasteiger partial charge in [0, 0.05) is 13.1 Å². The normalized spacial score (nSPS) is 10.3. The van der Waals surface area contributed by atoms with E-state index in [1.54, 1.807) is 0 Å². The highest BCUT2D eigenvalue weighted by molar-refractivity contribution is 5.62. The van der Waals surface area contributed by atoms with Crippen LogP contribution in [-0.4, -0.2) is 4.92 Å². The molecule has 0 aromatic heterocycles. The molecule has 0 fully saturated rings. The molecule has 0 aliphatic carbocycles. The Bertz CT molecular complexity index is 632. The van der Waals surface area contributed by atoms with Crippen molar-refractivity contribution in [2.24, 2.45) is 5.73 Å². The minimum atomic E-state index is -0.855. The van der Waals surface area contributed by atoms with Crippen molar-refractivity contribution in [1.29, 1.82) is 0 Å². The lowest BCUT2D eigenvalue weighted by molar-refractivity contribution is -0.386. The van der Waals surface area contributed by atoms with Crippen LogP contribution in [0.15, 0.2) is 42.5 Å². The molecule has 0 radical (unpaired) electrons. The van der Waals surface area contributed by atoms with E-state index in [-0.39, 0.29) is 5.69 Å². The van der Waals surface area contributed by atoms with Crippen LogP contribution >= 0.6 is 0 Å². The average molecular weight is 275 g/mol. The molecular formula is C14H14FN3O2. The Hall–Kier alpha value is -2.47. The lowest BCUT2D eigenvalue weighted by Gasteiger charge is -2.10. The van der Waals surface area contributed by atoms with E-state index in [9.17, 15) is 14.5 Å². The Morgan fingerprint density at radius 1 is 1.15 bits per heavy atom. The molecule has 0 bridgehead atoms. The van der Waals surface area contributed by atoms with E-state index in [1.807, 2.05) is 24.3 Å². The van der Waals surface area contributed by atoms with Gasteiger partial charge in [-0.2, -0.15) is 4.39 Å². The van der Waals surface area contributed by atoms with Gasteiger partial charge in [-0.15, -0.1) is 0 Å². The van der Waals surface area contributed by atoms with Gasteiger partial charge in [0.15, 0.2) is 0 Å². The highest BCUT2D eigenvalue weighted by Gasteiger charge is 2.19. The SMILES string of the molecule is NCc1ccccc1CNc1cccc(F)c1[N+](=O)[O-]. The van der Waals surface area contributed by atoms with Crippen LogP contribution in [0.5, 0.6) is 0 Å². The van der Waals surface area contributed by atoms with E-state index < -0.39 is 16.4 Å². The quantitative estimate of drug-likeness (QED) is 0.649. The second kappa shape index (κ2) is 6.12. The Morgan fingerprint density at radius 3 is 2.50 bits per heavy atom. The van der Waals surface area contributed by atoms with Crippen LogP contribution in [0.4, 0.5) is 15.8 Å². The molecule has 2 rings (SSSR count). The van der Waals surface area contributed by atoms with Gasteiger partial charge in [-0.3, -0.25) is 10.1 Å². The zero-order valence-electron chi connectivity index (χ0n) is 10.7. The van der Waals surface area contributed by atoms with Crippen molar-refractivity contribution in [1.82, 2.24) is 0 Å². The van der Waals surface area contributed by atoms with Crippen molar-refractivity contribution in [3.63, 3.8) is 0 Å². The molecule has 2 aromatic carbocycles. The Labute approximate surface area is 115 Å². The number of nitro groups is 1. The largest absolute Gasteiger partial charge is 0.375 e. The molecular weight excluding hydrogens is 261 g/mol. The zero-order valence-corrected chi connectivity index (χ0v) is 10.7. The van der Waals surface area contributed by atoms with Gasteiger partial charge < -0.3 is 11.1 Å². The van der Waals surface area contributed by atoms with E-state index in [4.69, 9.17) is 5.73 Å². The first kappa shape index (κ1) is 14.0. The van der Waals surface area contributed by atoms with Crippen LogP contribution in [0.3, 0.4) is 0 Å². The van der Waals surface area contributed by atoms with Crippen LogP contribution < -0.4 is 11.1 Å². The van der Waals surface area contributed by atoms with E-state index >= 15 is 0 Å². The molecule has 0 aliphatic heterocycles. The minimum absolute atomic E-state index is 0.154. The third kappa shape index (κ3) is 2.92. The molecule has 104 valence electrons. The zero-order chi connectivity index (χ0) is 14.5. The molecule has 6 heteroatoms. The fraction of sp³-hybridized carbons (Fsp3) is 0.143. The number of rotatable bonds is 5. The maximum absolute atomic E-state index is 13.5. The number of para-hydroxylation sites is 1. The average Bonchev–Trinajstić information content (AvgIpc) is 2.45. The molecule has 0 saturated carbocycles. The number of benzene rings is 2. The summed E-state index contributed by atoms with van der Waals surface area (Å²) in [7, 11) is 0. The monoisotopic (exact) mass is 275 g/mol. The predicted octanol–water partition coefficient (Wildman–Crippen LogP) is 2.80. The minimum Gasteiger partial charge on any atom is -0.375 e. The molecule has 0 unspecified atom stereocenters. The molecule has 3 N–H and O–H groups in total. The summed E-state index contributed by atoms with van der Waals surface area (Å²) in [5.74, 6) is -0.855. The van der Waals surface area contributed by atoms with Crippen molar-refractivity contribution in [3.05, 3.63) is 69.5 Å². The first-order chi connectivity index (χ1) is 9.63. The summed E-state index contributed by atoms with van der Waals surface area (Å²) >= 11 is 0. The van der Waals surface area contributed by atoms with Gasteiger partial charge >= 0.3 is 5.69 Å². The predicted molar refractivity (Wildman–Crippen MR) is 74.7 cm³/mol. The van der Waals surface area contributed by atoms with E-state index in [0.717, 1.165) is 17.2 Å². The first-order valence-corrected chi connectivity index (χ1v) is 6.07. The van der Waals surface area contributed by atoms with Crippen LogP contribution in [0.2, 0.25) is 0 Å². The number of nitro benzene ring substituents is 1. The molecule has 0 aliphatic rings. The van der Waals surface area contributed by atoms with Crippen molar-refractivity contribution < 1.29 is 9.31 Å². The molecule has 0 saturated heterocycles. The number of halogens is 1. The maximum atomic E-state index is 13.5. The summed E-state index contributed by atoms with van der Waals surface area (Å²) in [5, 5.41) is 13.8. The van der Waals surface area contributed by atoms with Crippen LogP contribution in [-0.2, 0) is 13.1 Å². The molecule has 2 aromatic rings. The number of nitrogens with two attached hydrogens (primary N) is 1. The van der Waals surface area contributed by atoms with Crippen LogP contribution in [0.25, 0.3) is 0 Å². The fourth-order valence-electron chi connectivity index (χ4n) is 1.96. The van der Waals surface area contributed by atoms with Gasteiger partial charge in [0.05, 0.1) is 4.92 Å². The summed E-state index contributed by atoms with van der Waals surface area (Å²) in [6, 6.07) is 11.5. The van der Waals surface area contributed by atoms with Crippen LogP contribution in [0.1, 0.15) is 11.1 Å².